The van der Waals surface area contributed by atoms with Gasteiger partial charge in [0.2, 0.25) is 0 Å². The van der Waals surface area contributed by atoms with E-state index in [2.05, 4.69) is 38.0 Å². The van der Waals surface area contributed by atoms with Crippen LogP contribution in [0.5, 0.6) is 0 Å². The Hall–Kier alpha value is -1.62. The molecule has 0 fully saturated rings. The van der Waals surface area contributed by atoms with Gasteiger partial charge in [-0.2, -0.15) is 5.10 Å². The van der Waals surface area contributed by atoms with E-state index < -0.39 is 0 Å². The summed E-state index contributed by atoms with van der Waals surface area (Å²) in [5, 5.41) is 8.72. The molecule has 1 unspecified atom stereocenters. The van der Waals surface area contributed by atoms with E-state index >= 15 is 0 Å². The Morgan fingerprint density at radius 3 is 2.70 bits per heavy atom. The summed E-state index contributed by atoms with van der Waals surface area (Å²) >= 11 is 0. The van der Waals surface area contributed by atoms with Gasteiger partial charge in [0.25, 0.3) is 0 Å². The van der Waals surface area contributed by atoms with Crippen LogP contribution in [0.2, 0.25) is 0 Å². The van der Waals surface area contributed by atoms with Crippen LogP contribution >= 0.6 is 0 Å². The number of rotatable bonds is 4. The Balaban J connectivity index is 2.38. The van der Waals surface area contributed by atoms with Crippen LogP contribution in [0.1, 0.15) is 58.0 Å². The molecular formula is C15H24N4O. The molecule has 0 aliphatic carbocycles. The van der Waals surface area contributed by atoms with Gasteiger partial charge in [0.1, 0.15) is 5.69 Å². The fraction of sp³-hybridized carbons (Fsp3) is 0.600. The molecule has 0 aliphatic rings. The second-order valence-corrected chi connectivity index (χ2v) is 6.32. The molecule has 0 radical (unpaired) electrons. The van der Waals surface area contributed by atoms with E-state index in [1.807, 2.05) is 24.0 Å². The fourth-order valence-electron chi connectivity index (χ4n) is 2.27. The van der Waals surface area contributed by atoms with Crippen LogP contribution < -0.4 is 5.73 Å². The first-order valence-corrected chi connectivity index (χ1v) is 7.09. The van der Waals surface area contributed by atoms with Gasteiger partial charge < -0.3 is 10.3 Å². The predicted octanol–water partition coefficient (Wildman–Crippen LogP) is 3.17. The zero-order valence-electron chi connectivity index (χ0n) is 13.0. The molecule has 1 atom stereocenters. The Labute approximate surface area is 120 Å². The average molecular weight is 276 g/mol. The zero-order chi connectivity index (χ0) is 14.9. The van der Waals surface area contributed by atoms with Crippen molar-refractivity contribution in [1.29, 1.82) is 0 Å². The minimum atomic E-state index is -0.0870. The van der Waals surface area contributed by atoms with Crippen molar-refractivity contribution in [3.63, 3.8) is 0 Å². The van der Waals surface area contributed by atoms with Crippen LogP contribution in [0.4, 0.5) is 0 Å². The van der Waals surface area contributed by atoms with Crippen molar-refractivity contribution in [3.05, 3.63) is 23.7 Å². The predicted molar refractivity (Wildman–Crippen MR) is 79.2 cm³/mol. The Morgan fingerprint density at radius 2 is 2.10 bits per heavy atom. The molecule has 0 bridgehead atoms. The molecule has 2 aromatic rings. The lowest BCUT2D eigenvalue weighted by Gasteiger charge is -2.16. The highest BCUT2D eigenvalue weighted by Gasteiger charge is 2.25. The first-order chi connectivity index (χ1) is 9.32. The molecule has 2 N–H and O–H groups in total. The van der Waals surface area contributed by atoms with Crippen LogP contribution in [-0.4, -0.2) is 14.9 Å². The van der Waals surface area contributed by atoms with E-state index in [0.717, 1.165) is 35.6 Å². The summed E-state index contributed by atoms with van der Waals surface area (Å²) < 4.78 is 7.21. The molecular weight excluding hydrogens is 252 g/mol. The van der Waals surface area contributed by atoms with Gasteiger partial charge in [0.15, 0.2) is 5.76 Å². The maximum absolute atomic E-state index is 6.07. The SMILES string of the molecule is CCCC(N)c1cc(-c2cn(C)nc2C(C)(C)C)no1. The Kier molecular flexibility index (Phi) is 3.99. The number of hydrogen-bond acceptors (Lipinski definition) is 4. The summed E-state index contributed by atoms with van der Waals surface area (Å²) in [5.41, 5.74) is 8.87. The van der Waals surface area contributed by atoms with Crippen molar-refractivity contribution in [2.45, 2.75) is 52.0 Å². The number of hydrogen-bond donors (Lipinski definition) is 1. The minimum absolute atomic E-state index is 0.0404. The van der Waals surface area contributed by atoms with E-state index in [-0.39, 0.29) is 11.5 Å². The quantitative estimate of drug-likeness (QED) is 0.931. The molecule has 0 aliphatic heterocycles. The van der Waals surface area contributed by atoms with Gasteiger partial charge in [0.05, 0.1) is 11.7 Å². The second-order valence-electron chi connectivity index (χ2n) is 6.32. The van der Waals surface area contributed by atoms with Crippen LogP contribution in [-0.2, 0) is 12.5 Å². The summed E-state index contributed by atoms with van der Waals surface area (Å²) in [4.78, 5) is 0. The maximum Gasteiger partial charge on any atom is 0.154 e. The molecule has 110 valence electrons. The van der Waals surface area contributed by atoms with E-state index in [1.165, 1.54) is 0 Å². The highest BCUT2D eigenvalue weighted by Crippen LogP contribution is 2.32. The van der Waals surface area contributed by atoms with E-state index in [0.29, 0.717) is 0 Å². The van der Waals surface area contributed by atoms with Gasteiger partial charge in [-0.05, 0) is 6.42 Å². The second kappa shape index (κ2) is 5.40. The van der Waals surface area contributed by atoms with Crippen molar-refractivity contribution in [2.75, 3.05) is 0 Å². The van der Waals surface area contributed by atoms with Gasteiger partial charge in [-0.1, -0.05) is 39.3 Å². The molecule has 5 nitrogen and oxygen atoms in total. The summed E-state index contributed by atoms with van der Waals surface area (Å²) in [6.07, 6.45) is 3.90. The third-order valence-corrected chi connectivity index (χ3v) is 3.31. The lowest BCUT2D eigenvalue weighted by molar-refractivity contribution is 0.356. The van der Waals surface area contributed by atoms with E-state index in [9.17, 15) is 0 Å². The van der Waals surface area contributed by atoms with Crippen molar-refractivity contribution < 1.29 is 4.52 Å². The third kappa shape index (κ3) is 2.93. The lowest BCUT2D eigenvalue weighted by Crippen LogP contribution is -2.13. The third-order valence-electron chi connectivity index (χ3n) is 3.31. The standard InChI is InChI=1S/C15H24N4O/c1-6-7-11(16)13-8-12(18-20-13)10-9-19(5)17-14(10)15(2,3)4/h8-9,11H,6-7,16H2,1-5H3. The molecule has 0 spiro atoms. The smallest absolute Gasteiger partial charge is 0.154 e. The molecule has 2 aromatic heterocycles. The first kappa shape index (κ1) is 14.8. The van der Waals surface area contributed by atoms with Crippen LogP contribution in [0, 0.1) is 0 Å². The first-order valence-electron chi connectivity index (χ1n) is 7.09. The van der Waals surface area contributed by atoms with Crippen LogP contribution in [0.25, 0.3) is 11.3 Å². The summed E-state index contributed by atoms with van der Waals surface area (Å²) in [5.74, 6) is 0.741. The largest absolute Gasteiger partial charge is 0.359 e. The molecule has 20 heavy (non-hydrogen) atoms. The molecule has 0 saturated carbocycles. The highest BCUT2D eigenvalue weighted by atomic mass is 16.5. The van der Waals surface area contributed by atoms with Crippen molar-refractivity contribution in [1.82, 2.24) is 14.9 Å². The normalized spacial score (nSPS) is 13.7. The van der Waals surface area contributed by atoms with Crippen molar-refractivity contribution in [3.8, 4) is 11.3 Å². The van der Waals surface area contributed by atoms with Gasteiger partial charge in [-0.3, -0.25) is 4.68 Å². The minimum Gasteiger partial charge on any atom is -0.359 e. The van der Waals surface area contributed by atoms with Crippen LogP contribution in [0.3, 0.4) is 0 Å². The van der Waals surface area contributed by atoms with E-state index in [1.54, 1.807) is 0 Å². The number of aromatic nitrogens is 3. The molecule has 2 heterocycles. The zero-order valence-corrected chi connectivity index (χ0v) is 13.0. The molecule has 5 heteroatoms. The van der Waals surface area contributed by atoms with Gasteiger partial charge in [-0.15, -0.1) is 0 Å². The Bertz CT molecular complexity index is 577. The number of nitrogens with two attached hydrogens (primary N) is 1. The number of nitrogens with zero attached hydrogens (tertiary/aromatic N) is 3. The lowest BCUT2D eigenvalue weighted by atomic mass is 9.89. The Morgan fingerprint density at radius 1 is 1.40 bits per heavy atom. The van der Waals surface area contributed by atoms with Crippen LogP contribution in [0.15, 0.2) is 16.8 Å². The van der Waals surface area contributed by atoms with Crippen molar-refractivity contribution in [2.24, 2.45) is 12.8 Å². The molecule has 0 saturated heterocycles. The monoisotopic (exact) mass is 276 g/mol. The highest BCUT2D eigenvalue weighted by molar-refractivity contribution is 5.62. The molecule has 0 amide bonds. The molecule has 0 aromatic carbocycles. The molecule has 2 rings (SSSR count). The van der Waals surface area contributed by atoms with E-state index in [4.69, 9.17) is 10.3 Å². The average Bonchev–Trinajstić information content (AvgIpc) is 2.94. The van der Waals surface area contributed by atoms with Gasteiger partial charge in [0, 0.05) is 30.3 Å². The summed E-state index contributed by atoms with van der Waals surface area (Å²) in [6.45, 7) is 8.53. The van der Waals surface area contributed by atoms with Gasteiger partial charge in [-0.25, -0.2) is 0 Å². The van der Waals surface area contributed by atoms with Crippen molar-refractivity contribution >= 4 is 0 Å². The summed E-state index contributed by atoms with van der Waals surface area (Å²) in [7, 11) is 1.92. The fourth-order valence-corrected chi connectivity index (χ4v) is 2.27. The maximum atomic E-state index is 6.07. The summed E-state index contributed by atoms with van der Waals surface area (Å²) in [6, 6.07) is 1.85. The topological polar surface area (TPSA) is 69.9 Å². The van der Waals surface area contributed by atoms with Gasteiger partial charge >= 0.3 is 0 Å². The number of aryl methyl sites for hydroxylation is 1.